The summed E-state index contributed by atoms with van der Waals surface area (Å²) in [7, 11) is 0. The first kappa shape index (κ1) is 4.54. The molecule has 1 nitrogen and oxygen atoms in total. The van der Waals surface area contributed by atoms with Crippen LogP contribution in [-0.4, -0.2) is 5.78 Å². The second-order valence-electron chi connectivity index (χ2n) is 3.28. The summed E-state index contributed by atoms with van der Waals surface area (Å²) in [4.78, 5) is 10.9. The van der Waals surface area contributed by atoms with Crippen molar-refractivity contribution in [2.24, 2.45) is 11.3 Å². The highest BCUT2D eigenvalue weighted by atomic mass is 16.1. The Morgan fingerprint density at radius 1 is 1.75 bits per heavy atom. The smallest absolute Gasteiger partial charge is 0.139 e. The minimum atomic E-state index is 0.181. The van der Waals surface area contributed by atoms with Crippen LogP contribution in [0.4, 0.5) is 0 Å². The monoisotopic (exact) mass is 110 g/mol. The molecule has 0 spiro atoms. The average molecular weight is 110 g/mol. The van der Waals surface area contributed by atoms with E-state index in [1.54, 1.807) is 0 Å². The Morgan fingerprint density at radius 2 is 2.50 bits per heavy atom. The second kappa shape index (κ2) is 0.996. The van der Waals surface area contributed by atoms with Crippen LogP contribution in [-0.2, 0) is 4.79 Å². The lowest BCUT2D eigenvalue weighted by molar-refractivity contribution is -0.122. The first-order valence-corrected chi connectivity index (χ1v) is 3.27. The molecule has 2 unspecified atom stereocenters. The largest absolute Gasteiger partial charge is 0.299 e. The Labute approximate surface area is 49.1 Å². The van der Waals surface area contributed by atoms with Crippen molar-refractivity contribution in [2.75, 3.05) is 0 Å². The number of fused-ring (bicyclic) bond motifs is 1. The van der Waals surface area contributed by atoms with E-state index in [1.165, 1.54) is 12.8 Å². The number of carbonyl (C=O) groups is 1. The zero-order chi connectivity index (χ0) is 5.78. The van der Waals surface area contributed by atoms with E-state index in [-0.39, 0.29) is 5.41 Å². The minimum Gasteiger partial charge on any atom is -0.299 e. The summed E-state index contributed by atoms with van der Waals surface area (Å²) in [6.45, 7) is 2.10. The zero-order valence-corrected chi connectivity index (χ0v) is 5.11. The molecule has 2 fully saturated rings. The molecule has 2 rings (SSSR count). The van der Waals surface area contributed by atoms with Crippen LogP contribution < -0.4 is 0 Å². The van der Waals surface area contributed by atoms with Crippen LogP contribution in [0.2, 0.25) is 0 Å². The lowest BCUT2D eigenvalue weighted by atomic mass is 10.1. The first-order valence-electron chi connectivity index (χ1n) is 3.27. The predicted octanol–water partition coefficient (Wildman–Crippen LogP) is 1.38. The molecule has 0 saturated heterocycles. The van der Waals surface area contributed by atoms with E-state index < -0.39 is 0 Å². The fourth-order valence-electron chi connectivity index (χ4n) is 1.81. The Bertz CT molecular complexity index is 148. The van der Waals surface area contributed by atoms with E-state index in [1.807, 2.05) is 0 Å². The van der Waals surface area contributed by atoms with E-state index in [0.29, 0.717) is 5.78 Å². The van der Waals surface area contributed by atoms with Crippen molar-refractivity contribution in [1.29, 1.82) is 0 Å². The third-order valence-corrected chi connectivity index (χ3v) is 2.77. The van der Waals surface area contributed by atoms with Gasteiger partial charge in [0.2, 0.25) is 0 Å². The van der Waals surface area contributed by atoms with Gasteiger partial charge in [-0.25, -0.2) is 0 Å². The van der Waals surface area contributed by atoms with E-state index in [0.717, 1.165) is 12.3 Å². The Hall–Kier alpha value is -0.330. The molecule has 0 N–H and O–H groups in total. The Kier molecular flexibility index (Phi) is 0.565. The first-order chi connectivity index (χ1) is 3.73. The van der Waals surface area contributed by atoms with Crippen LogP contribution in [0.25, 0.3) is 0 Å². The highest BCUT2D eigenvalue weighted by Gasteiger charge is 2.58. The standard InChI is InChI=1S/C7H10O/c1-7-4-5(7)2-3-6(7)8/h5H,2-4H2,1H3. The van der Waals surface area contributed by atoms with Gasteiger partial charge in [-0.05, 0) is 18.8 Å². The second-order valence-corrected chi connectivity index (χ2v) is 3.28. The van der Waals surface area contributed by atoms with Crippen molar-refractivity contribution in [1.82, 2.24) is 0 Å². The molecule has 0 aromatic rings. The molecule has 44 valence electrons. The molecule has 2 aliphatic rings. The van der Waals surface area contributed by atoms with Crippen LogP contribution >= 0.6 is 0 Å². The van der Waals surface area contributed by atoms with Crippen molar-refractivity contribution >= 4 is 5.78 Å². The minimum absolute atomic E-state index is 0.181. The van der Waals surface area contributed by atoms with Gasteiger partial charge in [-0.1, -0.05) is 6.92 Å². The van der Waals surface area contributed by atoms with E-state index >= 15 is 0 Å². The lowest BCUT2D eigenvalue weighted by Crippen LogP contribution is -2.05. The van der Waals surface area contributed by atoms with Gasteiger partial charge in [0, 0.05) is 11.8 Å². The summed E-state index contributed by atoms with van der Waals surface area (Å²) in [5.41, 5.74) is 0.181. The van der Waals surface area contributed by atoms with Crippen LogP contribution in [0.15, 0.2) is 0 Å². The Morgan fingerprint density at radius 3 is 2.62 bits per heavy atom. The summed E-state index contributed by atoms with van der Waals surface area (Å²) >= 11 is 0. The topological polar surface area (TPSA) is 17.1 Å². The molecule has 0 heterocycles. The number of hydrogen-bond donors (Lipinski definition) is 0. The molecule has 1 heteroatoms. The van der Waals surface area contributed by atoms with Crippen LogP contribution in [0.3, 0.4) is 0 Å². The van der Waals surface area contributed by atoms with Gasteiger partial charge in [0.15, 0.2) is 0 Å². The molecular formula is C7H10O. The van der Waals surface area contributed by atoms with Crippen molar-refractivity contribution in [3.8, 4) is 0 Å². The molecule has 0 aromatic heterocycles. The van der Waals surface area contributed by atoms with Gasteiger partial charge in [0.1, 0.15) is 5.78 Å². The van der Waals surface area contributed by atoms with Crippen molar-refractivity contribution < 1.29 is 4.79 Å². The maximum absolute atomic E-state index is 10.9. The summed E-state index contributed by atoms with van der Waals surface area (Å²) in [6, 6.07) is 0. The van der Waals surface area contributed by atoms with Gasteiger partial charge in [-0.2, -0.15) is 0 Å². The molecule has 0 radical (unpaired) electrons. The quantitative estimate of drug-likeness (QED) is 0.460. The van der Waals surface area contributed by atoms with Gasteiger partial charge >= 0.3 is 0 Å². The van der Waals surface area contributed by atoms with E-state index in [4.69, 9.17) is 0 Å². The number of carbonyl (C=O) groups excluding carboxylic acids is 1. The van der Waals surface area contributed by atoms with Gasteiger partial charge < -0.3 is 0 Å². The highest BCUT2D eigenvalue weighted by Crippen LogP contribution is 2.60. The fraction of sp³-hybridized carbons (Fsp3) is 0.857. The van der Waals surface area contributed by atoms with Gasteiger partial charge in [0.05, 0.1) is 0 Å². The highest BCUT2D eigenvalue weighted by molar-refractivity contribution is 5.90. The average Bonchev–Trinajstić information content (AvgIpc) is 2.31. The van der Waals surface area contributed by atoms with Crippen LogP contribution in [0, 0.1) is 11.3 Å². The number of ketones is 1. The number of Topliss-reactive ketones (excluding diaryl/α,β-unsaturated/α-hetero) is 1. The van der Waals surface area contributed by atoms with E-state index in [9.17, 15) is 4.79 Å². The third kappa shape index (κ3) is 0.320. The van der Waals surface area contributed by atoms with Crippen molar-refractivity contribution in [3.63, 3.8) is 0 Å². The maximum atomic E-state index is 10.9. The summed E-state index contributed by atoms with van der Waals surface area (Å²) < 4.78 is 0. The Balaban J connectivity index is 2.31. The van der Waals surface area contributed by atoms with Crippen LogP contribution in [0.5, 0.6) is 0 Å². The van der Waals surface area contributed by atoms with Gasteiger partial charge in [0.25, 0.3) is 0 Å². The molecule has 2 aliphatic carbocycles. The fourth-order valence-corrected chi connectivity index (χ4v) is 1.81. The SMILES string of the molecule is CC12CC1CCC2=O. The molecule has 2 atom stereocenters. The van der Waals surface area contributed by atoms with Gasteiger partial charge in [-0.15, -0.1) is 0 Å². The molecule has 8 heavy (non-hydrogen) atoms. The summed E-state index contributed by atoms with van der Waals surface area (Å²) in [6.07, 6.45) is 3.22. The third-order valence-electron chi connectivity index (χ3n) is 2.77. The summed E-state index contributed by atoms with van der Waals surface area (Å²) in [5, 5.41) is 0. The maximum Gasteiger partial charge on any atom is 0.139 e. The molecule has 2 saturated carbocycles. The lowest BCUT2D eigenvalue weighted by Gasteiger charge is -1.96. The molecular weight excluding hydrogens is 100 g/mol. The van der Waals surface area contributed by atoms with E-state index in [2.05, 4.69) is 6.92 Å². The van der Waals surface area contributed by atoms with Gasteiger partial charge in [-0.3, -0.25) is 4.79 Å². The number of hydrogen-bond acceptors (Lipinski definition) is 1. The zero-order valence-electron chi connectivity index (χ0n) is 5.11. The molecule has 0 amide bonds. The summed E-state index contributed by atoms with van der Waals surface area (Å²) in [5.74, 6) is 1.30. The molecule has 0 aliphatic heterocycles. The predicted molar refractivity (Wildman–Crippen MR) is 30.5 cm³/mol. The molecule has 0 aromatic carbocycles. The van der Waals surface area contributed by atoms with Crippen molar-refractivity contribution in [2.45, 2.75) is 26.2 Å². The number of rotatable bonds is 0. The molecule has 0 bridgehead atoms. The van der Waals surface area contributed by atoms with Crippen LogP contribution in [0.1, 0.15) is 26.2 Å². The normalized spacial score (nSPS) is 51.6. The van der Waals surface area contributed by atoms with Crippen molar-refractivity contribution in [3.05, 3.63) is 0 Å².